The molecule has 1 aromatic carbocycles. The first-order valence-electron chi connectivity index (χ1n) is 10.8. The molecule has 0 radical (unpaired) electrons. The van der Waals surface area contributed by atoms with Gasteiger partial charge in [0.05, 0.1) is 26.1 Å². The third-order valence-corrected chi connectivity index (χ3v) is 6.36. The highest BCUT2D eigenvalue weighted by Gasteiger charge is 2.48. The molecule has 170 valence electrons. The fourth-order valence-corrected chi connectivity index (χ4v) is 4.69. The number of benzene rings is 1. The Bertz CT molecular complexity index is 987. The summed E-state index contributed by atoms with van der Waals surface area (Å²) in [7, 11) is 4.94. The monoisotopic (exact) mass is 440 g/mol. The van der Waals surface area contributed by atoms with E-state index in [-0.39, 0.29) is 30.2 Å². The van der Waals surface area contributed by atoms with Crippen molar-refractivity contribution in [2.45, 2.75) is 31.7 Å². The molecule has 2 aromatic rings. The van der Waals surface area contributed by atoms with Gasteiger partial charge in [0.15, 0.2) is 0 Å². The Balaban J connectivity index is 1.58. The molecule has 0 spiro atoms. The van der Waals surface area contributed by atoms with Gasteiger partial charge in [0, 0.05) is 25.5 Å². The van der Waals surface area contributed by atoms with Crippen LogP contribution in [0.2, 0.25) is 0 Å². The molecule has 3 amide bonds. The second kappa shape index (κ2) is 9.02. The number of carbonyl (C=O) groups excluding carboxylic acids is 3. The molecule has 32 heavy (non-hydrogen) atoms. The van der Waals surface area contributed by atoms with Crippen LogP contribution in [-0.4, -0.2) is 52.9 Å². The summed E-state index contributed by atoms with van der Waals surface area (Å²) in [5.74, 6) is 0.289. The summed E-state index contributed by atoms with van der Waals surface area (Å²) >= 11 is 0. The highest BCUT2D eigenvalue weighted by Crippen LogP contribution is 2.38. The first-order valence-corrected chi connectivity index (χ1v) is 10.8. The molecule has 1 saturated heterocycles. The van der Waals surface area contributed by atoms with E-state index in [1.165, 1.54) is 0 Å². The summed E-state index contributed by atoms with van der Waals surface area (Å²) in [6.07, 6.45) is 6.74. The van der Waals surface area contributed by atoms with Gasteiger partial charge in [-0.2, -0.15) is 0 Å². The molecule has 4 rings (SSSR count). The SMILES string of the molecule is COc1cc(OC)cc(C(NC(=O)CN2C(=O)C3CCCCC3C2=O)c2nccn2C)c1. The number of hydrogen-bond donors (Lipinski definition) is 1. The van der Waals surface area contributed by atoms with E-state index >= 15 is 0 Å². The van der Waals surface area contributed by atoms with Crippen molar-refractivity contribution in [2.75, 3.05) is 20.8 Å². The molecule has 9 nitrogen and oxygen atoms in total. The van der Waals surface area contributed by atoms with E-state index in [1.807, 2.05) is 7.05 Å². The Kier molecular flexibility index (Phi) is 6.16. The molecule has 1 saturated carbocycles. The average molecular weight is 441 g/mol. The van der Waals surface area contributed by atoms with E-state index in [2.05, 4.69) is 10.3 Å². The molecule has 1 N–H and O–H groups in total. The number of imide groups is 1. The fourth-order valence-electron chi connectivity index (χ4n) is 4.69. The number of hydrogen-bond acceptors (Lipinski definition) is 6. The van der Waals surface area contributed by atoms with E-state index in [0.29, 0.717) is 35.7 Å². The lowest BCUT2D eigenvalue weighted by Gasteiger charge is -2.22. The van der Waals surface area contributed by atoms with Gasteiger partial charge >= 0.3 is 0 Å². The number of nitrogens with zero attached hydrogens (tertiary/aromatic N) is 3. The minimum Gasteiger partial charge on any atom is -0.497 e. The molecule has 1 aliphatic carbocycles. The largest absolute Gasteiger partial charge is 0.497 e. The van der Waals surface area contributed by atoms with Crippen LogP contribution in [0.15, 0.2) is 30.6 Å². The van der Waals surface area contributed by atoms with Gasteiger partial charge in [0.2, 0.25) is 17.7 Å². The number of likely N-dealkylation sites (tertiary alicyclic amines) is 1. The third kappa shape index (κ3) is 4.06. The van der Waals surface area contributed by atoms with E-state index in [0.717, 1.165) is 17.7 Å². The molecule has 3 atom stereocenters. The lowest BCUT2D eigenvalue weighted by molar-refractivity contribution is -0.143. The zero-order chi connectivity index (χ0) is 22.8. The zero-order valence-corrected chi connectivity index (χ0v) is 18.5. The molecule has 2 aliphatic rings. The van der Waals surface area contributed by atoms with Crippen molar-refractivity contribution in [3.8, 4) is 11.5 Å². The van der Waals surface area contributed by atoms with Gasteiger partial charge in [-0.1, -0.05) is 12.8 Å². The molecule has 0 bridgehead atoms. The average Bonchev–Trinajstić information content (AvgIpc) is 3.34. The van der Waals surface area contributed by atoms with Gasteiger partial charge in [-0.25, -0.2) is 4.98 Å². The summed E-state index contributed by atoms with van der Waals surface area (Å²) in [5.41, 5.74) is 0.705. The Labute approximate surface area is 186 Å². The normalized spacial score (nSPS) is 21.3. The Morgan fingerprint density at radius 1 is 1.09 bits per heavy atom. The summed E-state index contributed by atoms with van der Waals surface area (Å²) in [5, 5.41) is 2.95. The maximum absolute atomic E-state index is 13.0. The number of carbonyl (C=O) groups is 3. The van der Waals surface area contributed by atoms with Crippen molar-refractivity contribution >= 4 is 17.7 Å². The number of amides is 3. The van der Waals surface area contributed by atoms with Gasteiger partial charge < -0.3 is 19.4 Å². The van der Waals surface area contributed by atoms with Gasteiger partial charge in [0.25, 0.3) is 0 Å². The van der Waals surface area contributed by atoms with Crippen LogP contribution >= 0.6 is 0 Å². The van der Waals surface area contributed by atoms with Gasteiger partial charge in [0.1, 0.15) is 29.9 Å². The topological polar surface area (TPSA) is 103 Å². The van der Waals surface area contributed by atoms with Crippen LogP contribution in [0.4, 0.5) is 0 Å². The number of ether oxygens (including phenoxy) is 2. The first-order chi connectivity index (χ1) is 15.4. The van der Waals surface area contributed by atoms with Gasteiger partial charge in [-0.15, -0.1) is 0 Å². The maximum Gasteiger partial charge on any atom is 0.241 e. The van der Waals surface area contributed by atoms with Crippen LogP contribution in [0.5, 0.6) is 11.5 Å². The van der Waals surface area contributed by atoms with Crippen molar-refractivity contribution in [1.82, 2.24) is 19.8 Å². The highest BCUT2D eigenvalue weighted by atomic mass is 16.5. The predicted octanol–water partition coefficient (Wildman–Crippen LogP) is 1.82. The molecule has 1 aliphatic heterocycles. The van der Waals surface area contributed by atoms with Crippen molar-refractivity contribution < 1.29 is 23.9 Å². The Hall–Kier alpha value is -3.36. The Morgan fingerprint density at radius 3 is 2.19 bits per heavy atom. The number of imidazole rings is 1. The van der Waals surface area contributed by atoms with E-state index < -0.39 is 11.9 Å². The van der Waals surface area contributed by atoms with Gasteiger partial charge in [-0.05, 0) is 30.5 Å². The number of fused-ring (bicyclic) bond motifs is 1. The smallest absolute Gasteiger partial charge is 0.241 e. The highest BCUT2D eigenvalue weighted by molar-refractivity contribution is 6.07. The minimum absolute atomic E-state index is 0.230. The first kappa shape index (κ1) is 21.9. The second-order valence-corrected chi connectivity index (χ2v) is 8.30. The van der Waals surface area contributed by atoms with Crippen molar-refractivity contribution in [1.29, 1.82) is 0 Å². The number of nitrogens with one attached hydrogen (secondary N) is 1. The van der Waals surface area contributed by atoms with Crippen molar-refractivity contribution in [3.63, 3.8) is 0 Å². The second-order valence-electron chi connectivity index (χ2n) is 8.30. The number of methoxy groups -OCH3 is 2. The maximum atomic E-state index is 13.0. The predicted molar refractivity (Wildman–Crippen MR) is 115 cm³/mol. The molecule has 2 fully saturated rings. The number of rotatable bonds is 7. The quantitative estimate of drug-likeness (QED) is 0.659. The van der Waals surface area contributed by atoms with Crippen LogP contribution in [-0.2, 0) is 21.4 Å². The lowest BCUT2D eigenvalue weighted by Crippen LogP contribution is -2.42. The lowest BCUT2D eigenvalue weighted by atomic mass is 9.81. The standard InChI is InChI=1S/C23H28N4O5/c1-26-9-8-24-21(26)20(14-10-15(31-2)12-16(11-14)32-3)25-19(28)13-27-22(29)17-6-4-5-7-18(17)23(27)30/h8-12,17-18,20H,4-7,13H2,1-3H3,(H,25,28). The van der Waals surface area contributed by atoms with Crippen molar-refractivity contribution in [3.05, 3.63) is 42.0 Å². The van der Waals surface area contributed by atoms with Crippen LogP contribution in [0.1, 0.15) is 43.1 Å². The molecular formula is C23H28N4O5. The molecule has 3 unspecified atom stereocenters. The number of aromatic nitrogens is 2. The zero-order valence-electron chi connectivity index (χ0n) is 18.5. The van der Waals surface area contributed by atoms with E-state index in [9.17, 15) is 14.4 Å². The molecule has 2 heterocycles. The molecule has 1 aromatic heterocycles. The van der Waals surface area contributed by atoms with Crippen LogP contribution in [0.25, 0.3) is 0 Å². The molecule has 9 heteroatoms. The van der Waals surface area contributed by atoms with E-state index in [4.69, 9.17) is 9.47 Å². The summed E-state index contributed by atoms with van der Waals surface area (Å²) < 4.78 is 12.5. The number of aryl methyl sites for hydroxylation is 1. The van der Waals surface area contributed by atoms with Crippen LogP contribution in [0.3, 0.4) is 0 Å². The van der Waals surface area contributed by atoms with Crippen LogP contribution in [0, 0.1) is 11.8 Å². The van der Waals surface area contributed by atoms with E-state index in [1.54, 1.807) is 49.4 Å². The summed E-state index contributed by atoms with van der Waals surface area (Å²) in [6.45, 7) is -0.299. The minimum atomic E-state index is -0.624. The summed E-state index contributed by atoms with van der Waals surface area (Å²) in [6, 6.07) is 4.71. The Morgan fingerprint density at radius 2 is 1.69 bits per heavy atom. The fraction of sp³-hybridized carbons (Fsp3) is 0.478. The third-order valence-electron chi connectivity index (χ3n) is 6.36. The van der Waals surface area contributed by atoms with Gasteiger partial charge in [-0.3, -0.25) is 19.3 Å². The van der Waals surface area contributed by atoms with Crippen molar-refractivity contribution in [2.24, 2.45) is 18.9 Å². The molecular weight excluding hydrogens is 412 g/mol. The summed E-state index contributed by atoms with van der Waals surface area (Å²) in [4.78, 5) is 44.1. The van der Waals surface area contributed by atoms with Crippen LogP contribution < -0.4 is 14.8 Å².